The summed E-state index contributed by atoms with van der Waals surface area (Å²) in [7, 11) is 0. The number of nitrogens with zero attached hydrogens (tertiary/aromatic N) is 1. The Hall–Kier alpha value is -2.14. The van der Waals surface area contributed by atoms with Crippen molar-refractivity contribution in [3.05, 3.63) is 47.5 Å². The molecule has 1 aromatic rings. The van der Waals surface area contributed by atoms with Gasteiger partial charge in [0.25, 0.3) is 5.91 Å². The van der Waals surface area contributed by atoms with Gasteiger partial charge < -0.3 is 15.0 Å². The molecule has 5 heteroatoms. The minimum absolute atomic E-state index is 0.0215. The summed E-state index contributed by atoms with van der Waals surface area (Å²) >= 11 is 0. The van der Waals surface area contributed by atoms with Gasteiger partial charge in [-0.2, -0.15) is 0 Å². The molecule has 1 heterocycles. The summed E-state index contributed by atoms with van der Waals surface area (Å²) in [6.45, 7) is 4.22. The Morgan fingerprint density at radius 1 is 1.36 bits per heavy atom. The number of carbonyl (C=O) groups is 2. The second kappa shape index (κ2) is 8.30. The molecule has 2 amide bonds. The van der Waals surface area contributed by atoms with E-state index < -0.39 is 0 Å². The fourth-order valence-electron chi connectivity index (χ4n) is 3.10. The van der Waals surface area contributed by atoms with Crippen LogP contribution >= 0.6 is 0 Å². The number of hydrogen-bond donors (Lipinski definition) is 1. The summed E-state index contributed by atoms with van der Waals surface area (Å²) in [5.41, 5.74) is 1.59. The van der Waals surface area contributed by atoms with E-state index in [4.69, 9.17) is 4.74 Å². The van der Waals surface area contributed by atoms with Gasteiger partial charge in [-0.25, -0.2) is 0 Å². The standard InChI is InChI=1S/C20H26N2O3/c1-15-14-22(10-11-25-15)20(24)18-7-3-6-17(12-18)13-21-19(23)9-8-16-4-2-5-16/h3,6-9,12,15-16H,2,4-5,10-11,13-14H2,1H3,(H,21,23)/b9-8+. The minimum Gasteiger partial charge on any atom is -0.375 e. The Kier molecular flexibility index (Phi) is 5.87. The molecule has 1 aliphatic heterocycles. The highest BCUT2D eigenvalue weighted by Gasteiger charge is 2.22. The Balaban J connectivity index is 1.54. The van der Waals surface area contributed by atoms with Crippen LogP contribution in [0.1, 0.15) is 42.1 Å². The second-order valence-electron chi connectivity index (χ2n) is 6.90. The zero-order valence-corrected chi connectivity index (χ0v) is 14.7. The molecule has 1 aliphatic carbocycles. The first-order valence-corrected chi connectivity index (χ1v) is 9.07. The first kappa shape index (κ1) is 17.7. The third-order valence-corrected chi connectivity index (χ3v) is 4.84. The number of ether oxygens (including phenoxy) is 1. The van der Waals surface area contributed by atoms with E-state index in [-0.39, 0.29) is 17.9 Å². The first-order chi connectivity index (χ1) is 12.1. The second-order valence-corrected chi connectivity index (χ2v) is 6.90. The summed E-state index contributed by atoms with van der Waals surface area (Å²) in [6.07, 6.45) is 7.34. The fourth-order valence-corrected chi connectivity index (χ4v) is 3.10. The van der Waals surface area contributed by atoms with Gasteiger partial charge in [0.1, 0.15) is 0 Å². The molecule has 1 N–H and O–H groups in total. The molecule has 0 bridgehead atoms. The predicted molar refractivity (Wildman–Crippen MR) is 96.1 cm³/mol. The molecule has 1 saturated heterocycles. The molecule has 1 unspecified atom stereocenters. The van der Waals surface area contributed by atoms with E-state index in [1.54, 1.807) is 6.08 Å². The molecular weight excluding hydrogens is 316 g/mol. The number of nitrogens with one attached hydrogen (secondary N) is 1. The van der Waals surface area contributed by atoms with E-state index in [2.05, 4.69) is 5.32 Å². The highest BCUT2D eigenvalue weighted by Crippen LogP contribution is 2.27. The lowest BCUT2D eigenvalue weighted by Crippen LogP contribution is -2.44. The number of hydrogen-bond acceptors (Lipinski definition) is 3. The van der Waals surface area contributed by atoms with Crippen LogP contribution in [0.5, 0.6) is 0 Å². The van der Waals surface area contributed by atoms with Gasteiger partial charge in [-0.15, -0.1) is 0 Å². The monoisotopic (exact) mass is 342 g/mol. The van der Waals surface area contributed by atoms with Gasteiger partial charge in [0.2, 0.25) is 5.91 Å². The van der Waals surface area contributed by atoms with Crippen LogP contribution in [0.4, 0.5) is 0 Å². The zero-order chi connectivity index (χ0) is 17.6. The molecule has 5 nitrogen and oxygen atoms in total. The van der Waals surface area contributed by atoms with E-state index in [0.29, 0.717) is 37.7 Å². The number of rotatable bonds is 5. The van der Waals surface area contributed by atoms with Crippen molar-refractivity contribution < 1.29 is 14.3 Å². The number of amides is 2. The maximum absolute atomic E-state index is 12.6. The number of benzene rings is 1. The molecule has 2 aliphatic rings. The van der Waals surface area contributed by atoms with Crippen LogP contribution in [0, 0.1) is 5.92 Å². The largest absolute Gasteiger partial charge is 0.375 e. The van der Waals surface area contributed by atoms with Gasteiger partial charge in [0.05, 0.1) is 12.7 Å². The maximum Gasteiger partial charge on any atom is 0.254 e. The molecule has 3 rings (SSSR count). The summed E-state index contributed by atoms with van der Waals surface area (Å²) in [4.78, 5) is 26.3. The molecular formula is C20H26N2O3. The van der Waals surface area contributed by atoms with Crippen molar-refractivity contribution in [2.24, 2.45) is 5.92 Å². The average molecular weight is 342 g/mol. The number of carbonyl (C=O) groups excluding carboxylic acids is 2. The predicted octanol–water partition coefficient (Wildman–Crippen LogP) is 2.52. The lowest BCUT2D eigenvalue weighted by Gasteiger charge is -2.31. The minimum atomic E-state index is -0.0781. The van der Waals surface area contributed by atoms with Crippen LogP contribution in [0.25, 0.3) is 0 Å². The third kappa shape index (κ3) is 4.92. The molecule has 25 heavy (non-hydrogen) atoms. The molecule has 0 radical (unpaired) electrons. The van der Waals surface area contributed by atoms with Crippen LogP contribution in [0.15, 0.2) is 36.4 Å². The third-order valence-electron chi connectivity index (χ3n) is 4.84. The van der Waals surface area contributed by atoms with E-state index in [0.717, 1.165) is 5.56 Å². The van der Waals surface area contributed by atoms with Crippen molar-refractivity contribution in [1.82, 2.24) is 10.2 Å². The van der Waals surface area contributed by atoms with Crippen molar-refractivity contribution in [3.8, 4) is 0 Å². The highest BCUT2D eigenvalue weighted by molar-refractivity contribution is 5.94. The van der Waals surface area contributed by atoms with Crippen molar-refractivity contribution in [2.45, 2.75) is 38.8 Å². The van der Waals surface area contributed by atoms with Gasteiger partial charge in [-0.1, -0.05) is 24.6 Å². The zero-order valence-electron chi connectivity index (χ0n) is 14.7. The number of allylic oxidation sites excluding steroid dienone is 1. The Morgan fingerprint density at radius 2 is 2.20 bits per heavy atom. The molecule has 1 atom stereocenters. The van der Waals surface area contributed by atoms with Crippen molar-refractivity contribution in [1.29, 1.82) is 0 Å². The molecule has 1 aromatic carbocycles. The average Bonchev–Trinajstić information content (AvgIpc) is 2.58. The highest BCUT2D eigenvalue weighted by atomic mass is 16.5. The quantitative estimate of drug-likeness (QED) is 0.837. The maximum atomic E-state index is 12.6. The molecule has 1 saturated carbocycles. The Bertz CT molecular complexity index is 652. The lowest BCUT2D eigenvalue weighted by atomic mass is 9.85. The fraction of sp³-hybridized carbons (Fsp3) is 0.500. The van der Waals surface area contributed by atoms with Gasteiger partial charge in [-0.05, 0) is 49.5 Å². The van der Waals surface area contributed by atoms with Gasteiger partial charge in [-0.3, -0.25) is 9.59 Å². The molecule has 134 valence electrons. The van der Waals surface area contributed by atoms with Crippen LogP contribution < -0.4 is 5.32 Å². The normalized spacial score (nSPS) is 21.2. The molecule has 0 aromatic heterocycles. The Labute approximate surface area is 149 Å². The molecule has 2 fully saturated rings. The summed E-state index contributed by atoms with van der Waals surface area (Å²) in [6, 6.07) is 7.47. The van der Waals surface area contributed by atoms with Gasteiger partial charge in [0, 0.05) is 25.2 Å². The molecule has 0 spiro atoms. The van der Waals surface area contributed by atoms with Crippen LogP contribution in [0.3, 0.4) is 0 Å². The van der Waals surface area contributed by atoms with Crippen LogP contribution in [-0.4, -0.2) is 42.5 Å². The van der Waals surface area contributed by atoms with E-state index in [1.807, 2.05) is 42.2 Å². The van der Waals surface area contributed by atoms with Gasteiger partial charge >= 0.3 is 0 Å². The van der Waals surface area contributed by atoms with Crippen molar-refractivity contribution in [2.75, 3.05) is 19.7 Å². The van der Waals surface area contributed by atoms with Crippen LogP contribution in [0.2, 0.25) is 0 Å². The summed E-state index contributed by atoms with van der Waals surface area (Å²) in [5.74, 6) is 0.515. The number of morpholine rings is 1. The van der Waals surface area contributed by atoms with E-state index >= 15 is 0 Å². The van der Waals surface area contributed by atoms with Crippen LogP contribution in [-0.2, 0) is 16.1 Å². The SMILES string of the molecule is CC1CN(C(=O)c2cccc(CNC(=O)/C=C/C3CCC3)c2)CCO1. The van der Waals surface area contributed by atoms with Crippen molar-refractivity contribution >= 4 is 11.8 Å². The topological polar surface area (TPSA) is 58.6 Å². The van der Waals surface area contributed by atoms with Crippen molar-refractivity contribution in [3.63, 3.8) is 0 Å². The first-order valence-electron chi connectivity index (χ1n) is 9.07. The van der Waals surface area contributed by atoms with Gasteiger partial charge in [0.15, 0.2) is 0 Å². The summed E-state index contributed by atoms with van der Waals surface area (Å²) < 4.78 is 5.49. The summed E-state index contributed by atoms with van der Waals surface area (Å²) in [5, 5.41) is 2.88. The smallest absolute Gasteiger partial charge is 0.254 e. The van der Waals surface area contributed by atoms with E-state index in [9.17, 15) is 9.59 Å². The van der Waals surface area contributed by atoms with E-state index in [1.165, 1.54) is 19.3 Å². The lowest BCUT2D eigenvalue weighted by molar-refractivity contribution is -0.116. The Morgan fingerprint density at radius 3 is 2.92 bits per heavy atom.